The lowest BCUT2D eigenvalue weighted by atomic mass is 10.0. The van der Waals surface area contributed by atoms with Crippen LogP contribution in [0.2, 0.25) is 0 Å². The number of phosphoric acid groups is 1. The van der Waals surface area contributed by atoms with Gasteiger partial charge in [-0.05, 0) is 102 Å². The first kappa shape index (κ1) is 74.9. The number of allylic oxidation sites excluding steroid dienone is 15. The van der Waals surface area contributed by atoms with E-state index < -0.39 is 20.0 Å². The highest BCUT2D eigenvalue weighted by molar-refractivity contribution is 7.47. The zero-order valence-electron chi connectivity index (χ0n) is 51.4. The molecule has 0 fully saturated rings. The van der Waals surface area contributed by atoms with Crippen molar-refractivity contribution in [2.24, 2.45) is 0 Å². The average molecular weight is 1110 g/mol. The largest absolute Gasteiger partial charge is 0.472 e. The highest BCUT2D eigenvalue weighted by Gasteiger charge is 2.30. The molecule has 3 atom stereocenters. The molecule has 0 aromatic heterocycles. The van der Waals surface area contributed by atoms with Gasteiger partial charge in [0.05, 0.1) is 33.8 Å². The van der Waals surface area contributed by atoms with Gasteiger partial charge in [0.2, 0.25) is 5.91 Å². The van der Waals surface area contributed by atoms with Crippen molar-refractivity contribution in [3.05, 3.63) is 97.2 Å². The van der Waals surface area contributed by atoms with E-state index in [-0.39, 0.29) is 31.5 Å². The number of likely N-dealkylation sites (N-methyl/N-ethyl adjacent to an activating group) is 1. The molecular formula is C68H122N2O7P+. The van der Waals surface area contributed by atoms with Crippen LogP contribution in [0.3, 0.4) is 0 Å². The first-order valence-electron chi connectivity index (χ1n) is 32.1. The number of nitrogens with one attached hydrogen (secondary N) is 1. The maximum absolute atomic E-state index is 13.6. The molecule has 78 heavy (non-hydrogen) atoms. The number of unbranched alkanes of at least 4 members (excludes halogenated alkanes) is 28. The Hall–Kier alpha value is -3.07. The highest BCUT2D eigenvalue weighted by Crippen LogP contribution is 2.43. The van der Waals surface area contributed by atoms with Crippen LogP contribution in [-0.4, -0.2) is 74.3 Å². The number of quaternary nitrogens is 1. The summed E-state index contributed by atoms with van der Waals surface area (Å²) in [5, 5.41) is 3.05. The fourth-order valence-corrected chi connectivity index (χ4v) is 9.58. The third-order valence-electron chi connectivity index (χ3n) is 13.8. The second-order valence-corrected chi connectivity index (χ2v) is 24.0. The predicted molar refractivity (Wildman–Crippen MR) is 337 cm³/mol. The normalized spacial score (nSPS) is 14.3. The number of carbonyl (C=O) groups excluding carboxylic acids is 2. The van der Waals surface area contributed by atoms with Crippen molar-refractivity contribution < 1.29 is 37.3 Å². The summed E-state index contributed by atoms with van der Waals surface area (Å²) in [5.41, 5.74) is 0. The lowest BCUT2D eigenvalue weighted by Crippen LogP contribution is -2.47. The molecule has 0 aromatic carbocycles. The fourth-order valence-electron chi connectivity index (χ4n) is 8.84. The number of amides is 1. The lowest BCUT2D eigenvalue weighted by molar-refractivity contribution is -0.870. The quantitative estimate of drug-likeness (QED) is 0.0156. The minimum Gasteiger partial charge on any atom is -0.456 e. The molecular weight excluding hydrogens is 988 g/mol. The third kappa shape index (κ3) is 57.6. The van der Waals surface area contributed by atoms with Crippen LogP contribution >= 0.6 is 7.82 Å². The molecule has 10 heteroatoms. The molecule has 0 aliphatic rings. The molecule has 3 unspecified atom stereocenters. The number of carbonyl (C=O) groups is 2. The number of rotatable bonds is 57. The van der Waals surface area contributed by atoms with Crippen molar-refractivity contribution in [2.75, 3.05) is 40.9 Å². The topological polar surface area (TPSA) is 111 Å². The molecule has 0 saturated carbocycles. The standard InChI is InChI=1S/C68H121N2O7P/c1-7-10-13-16-19-22-25-28-30-31-32-33-34-35-36-37-38-39-41-42-45-48-51-54-57-60-67(71)69-65(64-76-78(73,74)75-63-62-70(4,5)6)66(59-56-53-50-47-44-27-24-21-18-15-12-9-3)77-68(72)61-58-55-52-49-46-43-40-29-26-23-20-17-14-11-8-2/h10,13,19-20,22-23,26,28-30,32-33,35-36,56,59,65-66H,7-9,11-12,14-18,21,24-25,27,31,34,37-55,57-58,60-64H2,1-6H3,(H-,69,71,73,74)/p+1/b13-10-,22-19-,23-20+,29-26+,30-28-,33-32-,36-35-,59-56-. The van der Waals surface area contributed by atoms with Gasteiger partial charge in [-0.3, -0.25) is 18.6 Å². The van der Waals surface area contributed by atoms with Crippen LogP contribution in [0.5, 0.6) is 0 Å². The first-order valence-corrected chi connectivity index (χ1v) is 33.6. The van der Waals surface area contributed by atoms with E-state index in [0.717, 1.165) is 122 Å². The van der Waals surface area contributed by atoms with Gasteiger partial charge in [0.15, 0.2) is 0 Å². The molecule has 0 radical (unpaired) electrons. The Balaban J connectivity index is 5.18. The van der Waals surface area contributed by atoms with Crippen LogP contribution in [0.4, 0.5) is 0 Å². The Bertz CT molecular complexity index is 1660. The minimum atomic E-state index is -4.46. The summed E-state index contributed by atoms with van der Waals surface area (Å²) >= 11 is 0. The van der Waals surface area contributed by atoms with E-state index in [9.17, 15) is 19.0 Å². The lowest BCUT2D eigenvalue weighted by Gasteiger charge is -2.27. The maximum Gasteiger partial charge on any atom is 0.472 e. The van der Waals surface area contributed by atoms with Gasteiger partial charge in [0, 0.05) is 12.8 Å². The fraction of sp³-hybridized carbons (Fsp3) is 0.735. The second kappa shape index (κ2) is 57.2. The van der Waals surface area contributed by atoms with E-state index in [1.54, 1.807) is 0 Å². The molecule has 0 saturated heterocycles. The van der Waals surface area contributed by atoms with E-state index in [0.29, 0.717) is 17.4 Å². The van der Waals surface area contributed by atoms with Crippen molar-refractivity contribution in [3.8, 4) is 0 Å². The molecule has 0 aromatic rings. The number of ether oxygens (including phenoxy) is 1. The highest BCUT2D eigenvalue weighted by atomic mass is 31.2. The minimum absolute atomic E-state index is 0.0329. The summed E-state index contributed by atoms with van der Waals surface area (Å²) in [7, 11) is 1.48. The summed E-state index contributed by atoms with van der Waals surface area (Å²) in [6.45, 7) is 6.86. The van der Waals surface area contributed by atoms with Gasteiger partial charge in [-0.15, -0.1) is 0 Å². The molecule has 9 nitrogen and oxygen atoms in total. The van der Waals surface area contributed by atoms with Crippen molar-refractivity contribution in [1.82, 2.24) is 5.32 Å². The van der Waals surface area contributed by atoms with Crippen molar-refractivity contribution >= 4 is 19.7 Å². The Morgan fingerprint density at radius 3 is 1.33 bits per heavy atom. The molecule has 2 N–H and O–H groups in total. The van der Waals surface area contributed by atoms with Crippen molar-refractivity contribution in [2.45, 2.75) is 283 Å². The van der Waals surface area contributed by atoms with Gasteiger partial charge in [0.1, 0.15) is 19.3 Å². The van der Waals surface area contributed by atoms with Gasteiger partial charge in [-0.1, -0.05) is 253 Å². The zero-order chi connectivity index (χ0) is 57.2. The Morgan fingerprint density at radius 2 is 0.859 bits per heavy atom. The van der Waals surface area contributed by atoms with Crippen LogP contribution < -0.4 is 5.32 Å². The Labute approximate surface area is 481 Å². The molecule has 0 bridgehead atoms. The van der Waals surface area contributed by atoms with Gasteiger partial charge in [-0.25, -0.2) is 4.57 Å². The van der Waals surface area contributed by atoms with Gasteiger partial charge >= 0.3 is 13.8 Å². The summed E-state index contributed by atoms with van der Waals surface area (Å²) in [6.07, 6.45) is 76.9. The first-order chi connectivity index (χ1) is 37.9. The molecule has 450 valence electrons. The van der Waals surface area contributed by atoms with Gasteiger partial charge in [0.25, 0.3) is 0 Å². The van der Waals surface area contributed by atoms with E-state index >= 15 is 0 Å². The van der Waals surface area contributed by atoms with E-state index in [4.69, 9.17) is 13.8 Å². The molecule has 0 aliphatic heterocycles. The maximum atomic E-state index is 13.6. The third-order valence-corrected chi connectivity index (χ3v) is 14.8. The van der Waals surface area contributed by atoms with Crippen molar-refractivity contribution in [3.63, 3.8) is 0 Å². The summed E-state index contributed by atoms with van der Waals surface area (Å²) < 4.78 is 30.7. The Morgan fingerprint density at radius 1 is 0.474 bits per heavy atom. The monoisotopic (exact) mass is 1110 g/mol. The summed E-state index contributed by atoms with van der Waals surface area (Å²) in [6, 6.07) is -0.862. The number of hydrogen-bond donors (Lipinski definition) is 2. The summed E-state index contributed by atoms with van der Waals surface area (Å²) in [5.74, 6) is -0.527. The number of esters is 1. The number of hydrogen-bond acceptors (Lipinski definition) is 6. The summed E-state index contributed by atoms with van der Waals surface area (Å²) in [4.78, 5) is 37.7. The molecule has 1 amide bonds. The zero-order valence-corrected chi connectivity index (χ0v) is 52.3. The number of nitrogens with zero attached hydrogens (tertiary/aromatic N) is 1. The van der Waals surface area contributed by atoms with Crippen molar-refractivity contribution in [1.29, 1.82) is 0 Å². The van der Waals surface area contributed by atoms with Crippen LogP contribution in [-0.2, 0) is 27.9 Å². The number of phosphoric ester groups is 1. The van der Waals surface area contributed by atoms with Gasteiger partial charge < -0.3 is 19.4 Å². The van der Waals surface area contributed by atoms with Crippen LogP contribution in [0.25, 0.3) is 0 Å². The molecule has 0 rings (SSSR count). The predicted octanol–water partition coefficient (Wildman–Crippen LogP) is 19.9. The average Bonchev–Trinajstić information content (AvgIpc) is 3.40. The SMILES string of the molecule is CC/C=C\C/C=C\C/C=C\C/C=C\C/C=C\CCCCCCCCCCCC(=O)NC(COP(=O)(O)OCC[N+](C)(C)C)C(/C=C\CCCCCCCCCCCC)OC(=O)CCCCCCCC/C=C/C=C/CCCCC. The van der Waals surface area contributed by atoms with Gasteiger partial charge in [-0.2, -0.15) is 0 Å². The van der Waals surface area contributed by atoms with E-state index in [2.05, 4.69) is 111 Å². The molecule has 0 heterocycles. The van der Waals surface area contributed by atoms with Crippen LogP contribution in [0, 0.1) is 0 Å². The van der Waals surface area contributed by atoms with Crippen LogP contribution in [0.15, 0.2) is 97.2 Å². The molecule has 0 spiro atoms. The smallest absolute Gasteiger partial charge is 0.456 e. The molecule has 0 aliphatic carbocycles. The van der Waals surface area contributed by atoms with E-state index in [1.807, 2.05) is 33.3 Å². The second-order valence-electron chi connectivity index (χ2n) is 22.6. The Kier molecular flexibility index (Phi) is 54.9. The van der Waals surface area contributed by atoms with Crippen LogP contribution in [0.1, 0.15) is 271 Å². The van der Waals surface area contributed by atoms with E-state index in [1.165, 1.54) is 116 Å².